The molecule has 1 aliphatic rings. The van der Waals surface area contributed by atoms with Gasteiger partial charge in [-0.25, -0.2) is 9.97 Å². The van der Waals surface area contributed by atoms with Crippen LogP contribution in [0.1, 0.15) is 17.5 Å². The molecule has 6 rings (SSSR count). The predicted molar refractivity (Wildman–Crippen MR) is 117 cm³/mol. The zero-order valence-electron chi connectivity index (χ0n) is 15.2. The highest BCUT2D eigenvalue weighted by Crippen LogP contribution is 2.45. The van der Waals surface area contributed by atoms with Gasteiger partial charge in [-0.1, -0.05) is 24.3 Å². The summed E-state index contributed by atoms with van der Waals surface area (Å²) in [7, 11) is 0. The molecular formula is C22H15N3O2S2. The van der Waals surface area contributed by atoms with E-state index in [-0.39, 0.29) is 0 Å². The lowest BCUT2D eigenvalue weighted by Gasteiger charge is -2.09. The molecule has 3 aromatic heterocycles. The van der Waals surface area contributed by atoms with Gasteiger partial charge in [0.2, 0.25) is 0 Å². The van der Waals surface area contributed by atoms with Gasteiger partial charge in [0, 0.05) is 32.5 Å². The summed E-state index contributed by atoms with van der Waals surface area (Å²) in [6.45, 7) is 0.460. The molecule has 142 valence electrons. The Morgan fingerprint density at radius 3 is 2.83 bits per heavy atom. The van der Waals surface area contributed by atoms with Crippen molar-refractivity contribution in [3.05, 3.63) is 71.5 Å². The molecule has 2 aromatic carbocycles. The molecule has 0 spiro atoms. The molecule has 0 fully saturated rings. The first-order chi connectivity index (χ1) is 14.3. The minimum atomic E-state index is -0.589. The van der Waals surface area contributed by atoms with Crippen LogP contribution in [0.2, 0.25) is 0 Å². The Balaban J connectivity index is 1.43. The van der Waals surface area contributed by atoms with E-state index in [0.29, 0.717) is 18.0 Å². The van der Waals surface area contributed by atoms with Gasteiger partial charge in [-0.15, -0.1) is 22.7 Å². The first-order valence-electron chi connectivity index (χ1n) is 9.17. The van der Waals surface area contributed by atoms with Gasteiger partial charge in [0.25, 0.3) is 6.29 Å². The van der Waals surface area contributed by atoms with Gasteiger partial charge in [-0.05, 0) is 29.8 Å². The van der Waals surface area contributed by atoms with Crippen molar-refractivity contribution >= 4 is 43.0 Å². The summed E-state index contributed by atoms with van der Waals surface area (Å²) in [5, 5.41) is 3.46. The summed E-state index contributed by atoms with van der Waals surface area (Å²) in [6, 6.07) is 16.3. The molecule has 7 heteroatoms. The number of nitrogens with two attached hydrogens (primary N) is 1. The minimum absolute atomic E-state index is 0.460. The number of hydrogen-bond donors (Lipinski definition) is 1. The van der Waals surface area contributed by atoms with E-state index in [4.69, 9.17) is 15.2 Å². The first-order valence-corrected chi connectivity index (χ1v) is 10.9. The average Bonchev–Trinajstić information content (AvgIpc) is 3.47. The monoisotopic (exact) mass is 417 g/mol. The number of nitrogens with zero attached hydrogens (tertiary/aromatic N) is 2. The van der Waals surface area contributed by atoms with Gasteiger partial charge in [0.1, 0.15) is 12.0 Å². The molecule has 0 saturated carbocycles. The molecule has 1 aliphatic heterocycles. The van der Waals surface area contributed by atoms with E-state index in [2.05, 4.69) is 45.7 Å². The van der Waals surface area contributed by atoms with Crippen molar-refractivity contribution in [1.82, 2.24) is 9.97 Å². The van der Waals surface area contributed by atoms with Crippen molar-refractivity contribution in [3.8, 4) is 21.9 Å². The molecule has 0 radical (unpaired) electrons. The number of aromatic nitrogens is 2. The first kappa shape index (κ1) is 16.9. The quantitative estimate of drug-likeness (QED) is 0.420. The molecule has 5 aromatic rings. The van der Waals surface area contributed by atoms with Crippen LogP contribution < -0.4 is 15.2 Å². The standard InChI is InChI=1S/C22H15N3O2S2/c23-9-12-5-6-16-17(7-12)27-22(26-16)20-21-15(24-11-25-20)8-19(29-21)14-10-28-18-4-2-1-3-13(14)18/h1-8,10-11,22H,9,23H2. The van der Waals surface area contributed by atoms with Crippen molar-refractivity contribution in [1.29, 1.82) is 0 Å². The molecule has 0 amide bonds. The van der Waals surface area contributed by atoms with Gasteiger partial charge in [-0.2, -0.15) is 0 Å². The molecule has 2 N–H and O–H groups in total. The van der Waals surface area contributed by atoms with Crippen LogP contribution >= 0.6 is 22.7 Å². The van der Waals surface area contributed by atoms with Crippen molar-refractivity contribution in [3.63, 3.8) is 0 Å². The summed E-state index contributed by atoms with van der Waals surface area (Å²) < 4.78 is 14.3. The lowest BCUT2D eigenvalue weighted by molar-refractivity contribution is 0.0462. The second-order valence-corrected chi connectivity index (χ2v) is 8.75. The Bertz CT molecular complexity index is 1380. The summed E-state index contributed by atoms with van der Waals surface area (Å²) >= 11 is 3.43. The van der Waals surface area contributed by atoms with Crippen LogP contribution in [-0.2, 0) is 6.54 Å². The van der Waals surface area contributed by atoms with Gasteiger partial charge in [-0.3, -0.25) is 0 Å². The highest BCUT2D eigenvalue weighted by atomic mass is 32.1. The third kappa shape index (κ3) is 2.70. The third-order valence-corrected chi connectivity index (χ3v) is 7.16. The molecular weight excluding hydrogens is 402 g/mol. The van der Waals surface area contributed by atoms with Gasteiger partial charge < -0.3 is 15.2 Å². The normalized spacial score (nSPS) is 15.4. The van der Waals surface area contributed by atoms with Gasteiger partial charge >= 0.3 is 0 Å². The average molecular weight is 418 g/mol. The minimum Gasteiger partial charge on any atom is -0.445 e. The van der Waals surface area contributed by atoms with Gasteiger partial charge in [0.05, 0.1) is 10.2 Å². The Kier molecular flexibility index (Phi) is 3.80. The summed E-state index contributed by atoms with van der Waals surface area (Å²) in [6.07, 6.45) is 0.982. The molecule has 0 saturated heterocycles. The summed E-state index contributed by atoms with van der Waals surface area (Å²) in [5.74, 6) is 1.41. The number of fused-ring (bicyclic) bond motifs is 3. The van der Waals surface area contributed by atoms with E-state index in [1.54, 1.807) is 29.0 Å². The molecule has 1 unspecified atom stereocenters. The Labute approximate surface area is 174 Å². The van der Waals surface area contributed by atoms with E-state index in [9.17, 15) is 0 Å². The van der Waals surface area contributed by atoms with E-state index >= 15 is 0 Å². The van der Waals surface area contributed by atoms with Crippen LogP contribution in [0.5, 0.6) is 11.5 Å². The topological polar surface area (TPSA) is 70.3 Å². The Morgan fingerprint density at radius 2 is 1.90 bits per heavy atom. The highest BCUT2D eigenvalue weighted by molar-refractivity contribution is 7.23. The fourth-order valence-electron chi connectivity index (χ4n) is 3.58. The maximum Gasteiger partial charge on any atom is 0.286 e. The number of benzene rings is 2. The second-order valence-electron chi connectivity index (χ2n) is 6.78. The van der Waals surface area contributed by atoms with Gasteiger partial charge in [0.15, 0.2) is 11.5 Å². The third-order valence-electron chi connectivity index (χ3n) is 5.02. The summed E-state index contributed by atoms with van der Waals surface area (Å²) in [5.41, 5.74) is 9.61. The Hall–Kier alpha value is -3.00. The number of ether oxygens (including phenoxy) is 2. The van der Waals surface area contributed by atoms with Crippen LogP contribution in [0.15, 0.2) is 60.2 Å². The van der Waals surface area contributed by atoms with E-state index in [0.717, 1.165) is 21.5 Å². The molecule has 29 heavy (non-hydrogen) atoms. The van der Waals surface area contributed by atoms with Crippen LogP contribution in [0.4, 0.5) is 0 Å². The highest BCUT2D eigenvalue weighted by Gasteiger charge is 2.30. The van der Waals surface area contributed by atoms with Crippen LogP contribution in [0, 0.1) is 0 Å². The largest absolute Gasteiger partial charge is 0.445 e. The number of thiophene rings is 2. The fourth-order valence-corrected chi connectivity index (χ4v) is 5.75. The molecule has 0 bridgehead atoms. The Morgan fingerprint density at radius 1 is 1.00 bits per heavy atom. The van der Waals surface area contributed by atoms with Crippen LogP contribution in [-0.4, -0.2) is 9.97 Å². The predicted octanol–water partition coefficient (Wildman–Crippen LogP) is 5.50. The maximum absolute atomic E-state index is 6.05. The molecule has 0 aliphatic carbocycles. The van der Waals surface area contributed by atoms with E-state index in [1.165, 1.54) is 20.5 Å². The van der Waals surface area contributed by atoms with Crippen LogP contribution in [0.25, 0.3) is 30.7 Å². The molecule has 4 heterocycles. The second kappa shape index (κ2) is 6.52. The van der Waals surface area contributed by atoms with Crippen LogP contribution in [0.3, 0.4) is 0 Å². The zero-order valence-corrected chi connectivity index (χ0v) is 16.8. The van der Waals surface area contributed by atoms with E-state index < -0.39 is 6.29 Å². The number of hydrogen-bond acceptors (Lipinski definition) is 7. The zero-order chi connectivity index (χ0) is 19.4. The maximum atomic E-state index is 6.05. The van der Waals surface area contributed by atoms with Crippen molar-refractivity contribution < 1.29 is 9.47 Å². The smallest absolute Gasteiger partial charge is 0.286 e. The lowest BCUT2D eigenvalue weighted by atomic mass is 10.1. The molecule has 1 atom stereocenters. The van der Waals surface area contributed by atoms with Crippen molar-refractivity contribution in [2.24, 2.45) is 5.73 Å². The lowest BCUT2D eigenvalue weighted by Crippen LogP contribution is -2.10. The van der Waals surface area contributed by atoms with E-state index in [1.807, 2.05) is 18.2 Å². The fraction of sp³-hybridized carbons (Fsp3) is 0.0909. The molecule has 5 nitrogen and oxygen atoms in total. The SMILES string of the molecule is NCc1ccc2c(c1)OC(c1ncnc3cc(-c4csc5ccccc45)sc13)O2. The number of rotatable bonds is 3. The van der Waals surface area contributed by atoms with Crippen molar-refractivity contribution in [2.45, 2.75) is 12.8 Å². The van der Waals surface area contributed by atoms with Crippen molar-refractivity contribution in [2.75, 3.05) is 0 Å². The summed E-state index contributed by atoms with van der Waals surface area (Å²) in [4.78, 5) is 10.1.